The lowest BCUT2D eigenvalue weighted by Gasteiger charge is -2.64. The number of carbonyl (C=O) groups is 1. The van der Waals surface area contributed by atoms with Gasteiger partial charge in [0.15, 0.2) is 0 Å². The first-order valence-electron chi connectivity index (χ1n) is 9.68. The highest BCUT2D eigenvalue weighted by Crippen LogP contribution is 2.65. The molecule has 0 aliphatic heterocycles. The Kier molecular flexibility index (Phi) is 4.32. The van der Waals surface area contributed by atoms with Gasteiger partial charge in [0.25, 0.3) is 0 Å². The van der Waals surface area contributed by atoms with Crippen LogP contribution >= 0.6 is 0 Å². The zero-order valence-corrected chi connectivity index (χ0v) is 15.4. The van der Waals surface area contributed by atoms with E-state index in [2.05, 4.69) is 27.7 Å². The molecular formula is C20H34O3. The van der Waals surface area contributed by atoms with Crippen molar-refractivity contribution in [2.45, 2.75) is 96.7 Å². The molecule has 0 radical (unpaired) electrons. The number of carbonyl (C=O) groups excluding carboxylic acids is 1. The molecule has 0 aromatic rings. The highest BCUT2D eigenvalue weighted by atomic mass is 16.6. The Balaban J connectivity index is 1.78. The topological polar surface area (TPSA) is 46.5 Å². The zero-order chi connectivity index (χ0) is 16.9. The number of rotatable bonds is 6. The molecule has 0 aromatic heterocycles. The summed E-state index contributed by atoms with van der Waals surface area (Å²) in [6.07, 6.45) is 9.03. The van der Waals surface area contributed by atoms with E-state index in [4.69, 9.17) is 4.74 Å². The molecular weight excluding hydrogens is 288 g/mol. The zero-order valence-electron chi connectivity index (χ0n) is 15.4. The van der Waals surface area contributed by atoms with Crippen LogP contribution in [0.25, 0.3) is 0 Å². The van der Waals surface area contributed by atoms with E-state index in [0.717, 1.165) is 51.4 Å². The molecule has 3 heteroatoms. The van der Waals surface area contributed by atoms with Crippen molar-refractivity contribution in [3.63, 3.8) is 0 Å². The quantitative estimate of drug-likeness (QED) is 0.734. The molecule has 1 N–H and O–H groups in total. The van der Waals surface area contributed by atoms with E-state index in [1.807, 2.05) is 0 Å². The second-order valence-corrected chi connectivity index (χ2v) is 9.29. The Bertz CT molecular complexity index is 454. The van der Waals surface area contributed by atoms with Gasteiger partial charge in [-0.05, 0) is 77.0 Å². The summed E-state index contributed by atoms with van der Waals surface area (Å²) < 4.78 is 6.12. The predicted molar refractivity (Wildman–Crippen MR) is 90.9 cm³/mol. The molecule has 0 saturated heterocycles. The maximum Gasteiger partial charge on any atom is 0.309 e. The molecule has 0 spiro atoms. The van der Waals surface area contributed by atoms with Crippen molar-refractivity contribution in [3.05, 3.63) is 0 Å². The fourth-order valence-electron chi connectivity index (χ4n) is 6.20. The summed E-state index contributed by atoms with van der Waals surface area (Å²) in [6.45, 7) is 8.39. The molecule has 4 saturated carbocycles. The van der Waals surface area contributed by atoms with Crippen LogP contribution in [0.15, 0.2) is 0 Å². The van der Waals surface area contributed by atoms with Crippen molar-refractivity contribution in [2.24, 2.45) is 23.2 Å². The van der Waals surface area contributed by atoms with Gasteiger partial charge in [-0.2, -0.15) is 0 Å². The van der Waals surface area contributed by atoms with Crippen LogP contribution in [0.2, 0.25) is 0 Å². The average Bonchev–Trinajstić information content (AvgIpc) is 2.41. The summed E-state index contributed by atoms with van der Waals surface area (Å²) in [4.78, 5) is 12.7. The van der Waals surface area contributed by atoms with Crippen molar-refractivity contribution in [1.82, 2.24) is 0 Å². The molecule has 23 heavy (non-hydrogen) atoms. The highest BCUT2D eigenvalue weighted by molar-refractivity contribution is 5.72. The van der Waals surface area contributed by atoms with Crippen LogP contribution < -0.4 is 0 Å². The summed E-state index contributed by atoms with van der Waals surface area (Å²) in [5, 5.41) is 11.0. The summed E-state index contributed by atoms with van der Waals surface area (Å²) in [5.41, 5.74) is -0.996. The molecule has 3 atom stereocenters. The van der Waals surface area contributed by atoms with Crippen LogP contribution in [0.4, 0.5) is 0 Å². The third-order valence-electron chi connectivity index (χ3n) is 7.13. The van der Waals surface area contributed by atoms with E-state index < -0.39 is 11.2 Å². The number of hydrogen-bond acceptors (Lipinski definition) is 3. The Morgan fingerprint density at radius 3 is 2.30 bits per heavy atom. The Morgan fingerprint density at radius 2 is 1.83 bits per heavy atom. The molecule has 3 unspecified atom stereocenters. The van der Waals surface area contributed by atoms with Gasteiger partial charge in [0.1, 0.15) is 5.60 Å². The standard InChI is InChI=1S/C20H34O3/c1-5-7-16(6-2)17(21)23-18(3,4)19-9-14-8-15(10-19)12-20(22,11-14)13-19/h14-16,22H,5-13H2,1-4H3. The first-order valence-corrected chi connectivity index (χ1v) is 9.68. The number of aliphatic hydroxyl groups is 1. The average molecular weight is 322 g/mol. The van der Waals surface area contributed by atoms with E-state index in [1.165, 1.54) is 6.42 Å². The van der Waals surface area contributed by atoms with Gasteiger partial charge in [-0.15, -0.1) is 0 Å². The van der Waals surface area contributed by atoms with Gasteiger partial charge in [-0.25, -0.2) is 0 Å². The highest BCUT2D eigenvalue weighted by Gasteiger charge is 2.63. The smallest absolute Gasteiger partial charge is 0.309 e. The summed E-state index contributed by atoms with van der Waals surface area (Å²) >= 11 is 0. The van der Waals surface area contributed by atoms with Gasteiger partial charge in [0.05, 0.1) is 11.5 Å². The molecule has 4 bridgehead atoms. The molecule has 4 rings (SSSR count). The fourth-order valence-corrected chi connectivity index (χ4v) is 6.20. The van der Waals surface area contributed by atoms with Crippen LogP contribution in [0, 0.1) is 23.2 Å². The van der Waals surface area contributed by atoms with Crippen LogP contribution in [-0.4, -0.2) is 22.3 Å². The van der Waals surface area contributed by atoms with Crippen LogP contribution in [0.3, 0.4) is 0 Å². The predicted octanol–water partition coefficient (Wildman–Crippen LogP) is 4.47. The Labute approximate surface area is 141 Å². The maximum absolute atomic E-state index is 12.7. The van der Waals surface area contributed by atoms with Crippen LogP contribution in [-0.2, 0) is 9.53 Å². The van der Waals surface area contributed by atoms with Crippen molar-refractivity contribution < 1.29 is 14.6 Å². The van der Waals surface area contributed by atoms with Crippen molar-refractivity contribution in [2.75, 3.05) is 0 Å². The first-order chi connectivity index (χ1) is 10.7. The lowest BCUT2D eigenvalue weighted by molar-refractivity contribution is -0.234. The second kappa shape index (κ2) is 5.75. The van der Waals surface area contributed by atoms with E-state index in [1.54, 1.807) is 0 Å². The van der Waals surface area contributed by atoms with Crippen LogP contribution in [0.1, 0.15) is 85.5 Å². The van der Waals surface area contributed by atoms with E-state index >= 15 is 0 Å². The fraction of sp³-hybridized carbons (Fsp3) is 0.950. The SMILES string of the molecule is CCCC(CC)C(=O)OC(C)(C)C12CC3CC(CC(O)(C3)C1)C2. The minimum Gasteiger partial charge on any atom is -0.459 e. The number of esters is 1. The molecule has 132 valence electrons. The van der Waals surface area contributed by atoms with E-state index in [-0.39, 0.29) is 17.3 Å². The van der Waals surface area contributed by atoms with Crippen molar-refractivity contribution >= 4 is 5.97 Å². The third kappa shape index (κ3) is 2.94. The molecule has 4 aliphatic rings. The van der Waals surface area contributed by atoms with Gasteiger partial charge in [-0.1, -0.05) is 20.3 Å². The monoisotopic (exact) mass is 322 g/mol. The lowest BCUT2D eigenvalue weighted by atomic mass is 9.44. The largest absolute Gasteiger partial charge is 0.459 e. The van der Waals surface area contributed by atoms with Crippen molar-refractivity contribution in [1.29, 1.82) is 0 Å². The molecule has 0 amide bonds. The minimum atomic E-state index is -0.499. The minimum absolute atomic E-state index is 0.0218. The third-order valence-corrected chi connectivity index (χ3v) is 7.13. The molecule has 0 heterocycles. The first kappa shape index (κ1) is 17.3. The van der Waals surface area contributed by atoms with Gasteiger partial charge >= 0.3 is 5.97 Å². The summed E-state index contributed by atoms with van der Waals surface area (Å²) in [6, 6.07) is 0. The normalized spacial score (nSPS) is 40.2. The summed E-state index contributed by atoms with van der Waals surface area (Å²) in [5.74, 6) is 1.24. The number of hydrogen-bond donors (Lipinski definition) is 1. The van der Waals surface area contributed by atoms with Crippen LogP contribution in [0.5, 0.6) is 0 Å². The van der Waals surface area contributed by atoms with Gasteiger partial charge < -0.3 is 9.84 Å². The Morgan fingerprint density at radius 1 is 1.22 bits per heavy atom. The van der Waals surface area contributed by atoms with Gasteiger partial charge in [-0.3, -0.25) is 4.79 Å². The van der Waals surface area contributed by atoms with E-state index in [0.29, 0.717) is 11.8 Å². The molecule has 0 aromatic carbocycles. The second-order valence-electron chi connectivity index (χ2n) is 9.29. The summed E-state index contributed by atoms with van der Waals surface area (Å²) in [7, 11) is 0. The van der Waals surface area contributed by atoms with E-state index in [9.17, 15) is 9.90 Å². The molecule has 3 nitrogen and oxygen atoms in total. The Hall–Kier alpha value is -0.570. The molecule has 4 aliphatic carbocycles. The maximum atomic E-state index is 12.7. The molecule has 4 fully saturated rings. The van der Waals surface area contributed by atoms with Crippen molar-refractivity contribution in [3.8, 4) is 0 Å². The number of ether oxygens (including phenoxy) is 1. The van der Waals surface area contributed by atoms with Gasteiger partial charge in [0, 0.05) is 5.41 Å². The lowest BCUT2D eigenvalue weighted by Crippen LogP contribution is -2.63. The van der Waals surface area contributed by atoms with Gasteiger partial charge in [0.2, 0.25) is 0 Å².